The van der Waals surface area contributed by atoms with Crippen LogP contribution in [0, 0.1) is 0 Å². The van der Waals surface area contributed by atoms with Crippen molar-refractivity contribution < 1.29 is 0 Å². The molecule has 0 amide bonds. The zero-order valence-electron chi connectivity index (χ0n) is 9.57. The van der Waals surface area contributed by atoms with E-state index in [-0.39, 0.29) is 0 Å². The first-order valence-corrected chi connectivity index (χ1v) is 5.09. The summed E-state index contributed by atoms with van der Waals surface area (Å²) in [6.45, 7) is 5.40. The van der Waals surface area contributed by atoms with Gasteiger partial charge in [0.1, 0.15) is 0 Å². The standard InChI is InChI=1S/C12H20N2/c1-11(2)14(13(3)4)10-12-8-6-5-7-9-12/h5-9,11H,10H2,1-4H3. The van der Waals surface area contributed by atoms with E-state index in [9.17, 15) is 0 Å². The molecule has 0 fully saturated rings. The second-order valence-corrected chi connectivity index (χ2v) is 4.02. The molecular weight excluding hydrogens is 172 g/mol. The fourth-order valence-corrected chi connectivity index (χ4v) is 1.56. The highest BCUT2D eigenvalue weighted by atomic mass is 15.6. The zero-order chi connectivity index (χ0) is 10.6. The normalized spacial score (nSPS) is 11.6. The quantitative estimate of drug-likeness (QED) is 0.676. The van der Waals surface area contributed by atoms with Crippen LogP contribution in [0.4, 0.5) is 0 Å². The molecule has 14 heavy (non-hydrogen) atoms. The summed E-state index contributed by atoms with van der Waals surface area (Å²) in [5.74, 6) is 0. The van der Waals surface area contributed by atoms with Crippen molar-refractivity contribution in [3.05, 3.63) is 35.9 Å². The molecule has 1 aromatic rings. The second-order valence-electron chi connectivity index (χ2n) is 4.02. The molecule has 0 aliphatic carbocycles. The van der Waals surface area contributed by atoms with Gasteiger partial charge < -0.3 is 0 Å². The minimum atomic E-state index is 0.533. The summed E-state index contributed by atoms with van der Waals surface area (Å²) in [5, 5.41) is 4.48. The molecule has 0 aliphatic heterocycles. The van der Waals surface area contributed by atoms with Gasteiger partial charge in [-0.25, -0.2) is 10.0 Å². The van der Waals surface area contributed by atoms with Crippen LogP contribution in [0.25, 0.3) is 0 Å². The maximum Gasteiger partial charge on any atom is 0.0386 e. The van der Waals surface area contributed by atoms with Crippen molar-refractivity contribution in [1.82, 2.24) is 10.0 Å². The lowest BCUT2D eigenvalue weighted by atomic mass is 10.2. The number of hydrogen-bond acceptors (Lipinski definition) is 2. The Kier molecular flexibility index (Phi) is 4.11. The van der Waals surface area contributed by atoms with E-state index < -0.39 is 0 Å². The van der Waals surface area contributed by atoms with E-state index >= 15 is 0 Å². The molecular formula is C12H20N2. The van der Waals surface area contributed by atoms with Gasteiger partial charge in [-0.3, -0.25) is 0 Å². The monoisotopic (exact) mass is 192 g/mol. The smallest absolute Gasteiger partial charge is 0.0386 e. The first kappa shape index (κ1) is 11.2. The van der Waals surface area contributed by atoms with Gasteiger partial charge in [0.25, 0.3) is 0 Å². The molecule has 2 heteroatoms. The highest BCUT2D eigenvalue weighted by Gasteiger charge is 2.11. The van der Waals surface area contributed by atoms with Crippen molar-refractivity contribution in [2.45, 2.75) is 26.4 Å². The molecule has 0 radical (unpaired) electrons. The van der Waals surface area contributed by atoms with Crippen molar-refractivity contribution in [2.24, 2.45) is 0 Å². The summed E-state index contributed by atoms with van der Waals surface area (Å²) < 4.78 is 0. The van der Waals surface area contributed by atoms with Crippen molar-refractivity contribution in [2.75, 3.05) is 14.1 Å². The van der Waals surface area contributed by atoms with Gasteiger partial charge >= 0.3 is 0 Å². The topological polar surface area (TPSA) is 6.48 Å². The molecule has 0 atom stereocenters. The number of hydrazine groups is 1. The Labute approximate surface area is 87.1 Å². The first-order chi connectivity index (χ1) is 6.61. The van der Waals surface area contributed by atoms with Crippen LogP contribution in [0.15, 0.2) is 30.3 Å². The molecule has 1 rings (SSSR count). The van der Waals surface area contributed by atoms with E-state index in [1.54, 1.807) is 0 Å². The van der Waals surface area contributed by atoms with Crippen molar-refractivity contribution >= 4 is 0 Å². The van der Waals surface area contributed by atoms with Gasteiger partial charge in [0.05, 0.1) is 0 Å². The highest BCUT2D eigenvalue weighted by Crippen LogP contribution is 2.08. The summed E-state index contributed by atoms with van der Waals surface area (Å²) in [4.78, 5) is 0. The summed E-state index contributed by atoms with van der Waals surface area (Å²) in [5.41, 5.74) is 1.36. The Balaban J connectivity index is 2.65. The maximum atomic E-state index is 2.33. The molecule has 0 saturated heterocycles. The van der Waals surface area contributed by atoms with Crippen molar-refractivity contribution in [3.8, 4) is 0 Å². The molecule has 0 N–H and O–H groups in total. The number of hydrogen-bond donors (Lipinski definition) is 0. The van der Waals surface area contributed by atoms with E-state index in [1.165, 1.54) is 5.56 Å². The average molecular weight is 192 g/mol. The van der Waals surface area contributed by atoms with Gasteiger partial charge in [0, 0.05) is 26.7 Å². The van der Waals surface area contributed by atoms with E-state index in [0.29, 0.717) is 6.04 Å². The molecule has 0 saturated carbocycles. The van der Waals surface area contributed by atoms with Gasteiger partial charge in [-0.05, 0) is 19.4 Å². The van der Waals surface area contributed by atoms with E-state index in [2.05, 4.69) is 68.3 Å². The third-order valence-corrected chi connectivity index (χ3v) is 2.30. The van der Waals surface area contributed by atoms with Gasteiger partial charge in [0.15, 0.2) is 0 Å². The molecule has 0 heterocycles. The van der Waals surface area contributed by atoms with Crippen LogP contribution in [-0.2, 0) is 6.54 Å². The minimum Gasteiger partial charge on any atom is -0.247 e. The van der Waals surface area contributed by atoms with Crippen LogP contribution < -0.4 is 0 Å². The average Bonchev–Trinajstić information content (AvgIpc) is 2.15. The molecule has 0 aliphatic rings. The van der Waals surface area contributed by atoms with Gasteiger partial charge in [0.2, 0.25) is 0 Å². The van der Waals surface area contributed by atoms with E-state index in [1.807, 2.05) is 0 Å². The Morgan fingerprint density at radius 3 is 2.07 bits per heavy atom. The highest BCUT2D eigenvalue weighted by molar-refractivity contribution is 5.14. The van der Waals surface area contributed by atoms with Crippen LogP contribution in [-0.4, -0.2) is 30.2 Å². The lowest BCUT2D eigenvalue weighted by molar-refractivity contribution is -0.0142. The number of benzene rings is 1. The predicted molar refractivity (Wildman–Crippen MR) is 60.8 cm³/mol. The zero-order valence-corrected chi connectivity index (χ0v) is 9.57. The molecule has 0 spiro atoms. The first-order valence-electron chi connectivity index (χ1n) is 5.09. The number of nitrogens with zero attached hydrogens (tertiary/aromatic N) is 2. The molecule has 78 valence electrons. The minimum absolute atomic E-state index is 0.533. The van der Waals surface area contributed by atoms with Crippen molar-refractivity contribution in [3.63, 3.8) is 0 Å². The Morgan fingerprint density at radius 1 is 1.07 bits per heavy atom. The molecule has 0 bridgehead atoms. The Bertz CT molecular complexity index is 246. The summed E-state index contributed by atoms with van der Waals surface area (Å²) in [6, 6.07) is 11.1. The maximum absolute atomic E-state index is 2.33. The van der Waals surface area contributed by atoms with E-state index in [4.69, 9.17) is 0 Å². The summed E-state index contributed by atoms with van der Waals surface area (Å²) in [6.07, 6.45) is 0. The van der Waals surface area contributed by atoms with E-state index in [0.717, 1.165) is 6.54 Å². The largest absolute Gasteiger partial charge is 0.247 e. The Morgan fingerprint density at radius 2 is 1.64 bits per heavy atom. The predicted octanol–water partition coefficient (Wildman–Crippen LogP) is 2.37. The van der Waals surface area contributed by atoms with Gasteiger partial charge in [-0.2, -0.15) is 0 Å². The summed E-state index contributed by atoms with van der Waals surface area (Å²) >= 11 is 0. The fourth-order valence-electron chi connectivity index (χ4n) is 1.56. The molecule has 1 aromatic carbocycles. The van der Waals surface area contributed by atoms with Crippen LogP contribution in [0.3, 0.4) is 0 Å². The third kappa shape index (κ3) is 3.13. The van der Waals surface area contributed by atoms with Gasteiger partial charge in [-0.15, -0.1) is 0 Å². The van der Waals surface area contributed by atoms with Crippen LogP contribution >= 0.6 is 0 Å². The number of rotatable bonds is 4. The lowest BCUT2D eigenvalue weighted by Gasteiger charge is -2.32. The lowest BCUT2D eigenvalue weighted by Crippen LogP contribution is -2.41. The summed E-state index contributed by atoms with van der Waals surface area (Å²) in [7, 11) is 4.17. The van der Waals surface area contributed by atoms with Gasteiger partial charge in [-0.1, -0.05) is 30.3 Å². The second kappa shape index (κ2) is 5.13. The molecule has 0 aromatic heterocycles. The van der Waals surface area contributed by atoms with Crippen LogP contribution in [0.5, 0.6) is 0 Å². The molecule has 2 nitrogen and oxygen atoms in total. The SMILES string of the molecule is CC(C)N(Cc1ccccc1)N(C)C. The Hall–Kier alpha value is -0.860. The van der Waals surface area contributed by atoms with Crippen LogP contribution in [0.1, 0.15) is 19.4 Å². The van der Waals surface area contributed by atoms with Crippen molar-refractivity contribution in [1.29, 1.82) is 0 Å². The third-order valence-electron chi connectivity index (χ3n) is 2.30. The molecule has 0 unspecified atom stereocenters. The van der Waals surface area contributed by atoms with Crippen LogP contribution in [0.2, 0.25) is 0 Å². The fraction of sp³-hybridized carbons (Fsp3) is 0.500.